The highest BCUT2D eigenvalue weighted by atomic mass is 35.7. The summed E-state index contributed by atoms with van der Waals surface area (Å²) < 4.78 is 77.1. The van der Waals surface area contributed by atoms with Gasteiger partial charge in [0.1, 0.15) is 47.5 Å². The van der Waals surface area contributed by atoms with Crippen molar-refractivity contribution in [2.45, 2.75) is 193 Å². The standard InChI is InChI=1S/C24H39N10O9P.C12H24ClN2O5P.C12H16N8O4/c1-11(2)41-20(36)13(5)30-44(38,31-14(6)21(37)42-12(3)4)40-9-15-17(35)24(7,32-33-26)22(43-15)34-10-27-16-18(34)28-23(25)29-19(16)39-8;1-7(2)19-11(16)9(5)14-21(13,18)15-10(6)12(17)20-8(3)4;1-12(18-19-14)7(22)5(3-21)24-10(12)20-4-15-6-8(20)16-11(13)17-9(6)23-2/h10-15,17,22,35H,9H2,1-8H3,(H2,25,28,29)(H2,30,31,38);7-10H,1-6H3,(H2,14,15,18);4-5,7,10,21-22H,3H2,1-2H3,(H2,13,16,17)/t13-,14-,15+,17+,22+,24+;9-,10-;5-,7-,10-,12-/m001/s1. The highest BCUT2D eigenvalue weighted by molar-refractivity contribution is 7.86. The van der Waals surface area contributed by atoms with Crippen LogP contribution in [0.3, 0.4) is 0 Å². The molecule has 2 aliphatic rings. The Hall–Kier alpha value is -6.85. The van der Waals surface area contributed by atoms with Crippen LogP contribution in [0.1, 0.15) is 109 Å². The average molecular weight is 1320 g/mol. The predicted octanol–water partition coefficient (Wildman–Crippen LogP) is 3.66. The lowest BCUT2D eigenvalue weighted by Gasteiger charge is -2.28. The number of nitrogen functional groups attached to an aromatic ring is 2. The highest BCUT2D eigenvalue weighted by Gasteiger charge is 2.56. The number of fused-ring (bicyclic) bond motifs is 2. The number of rotatable bonds is 26. The van der Waals surface area contributed by atoms with Crippen LogP contribution in [0.25, 0.3) is 43.2 Å². The number of ether oxygens (including phenoxy) is 8. The van der Waals surface area contributed by atoms with E-state index in [1.54, 1.807) is 55.4 Å². The molecule has 0 saturated carbocycles. The van der Waals surface area contributed by atoms with E-state index in [1.165, 1.54) is 77.6 Å². The SMILES string of the molecule is CC(C)OC(=O)[C@H](C)NP(=O)(Cl)N[C@@H](C)C(=O)OC(C)C.COc1nc(N)nc2c1ncn2[C@@H]1O[C@H](CO)[C@@H](O)[C@@]1(C)N=[N+]=[N-].COc1nc(N)nc2c1ncn2[C@@H]1O[C@H](COP(=O)(N[C@@H](C)C(=O)OC(C)C)N[C@@H](C)C(=O)OC(C)C)[C@@H](O)[C@@]1(C)N=[N+]=[N-]. The fraction of sp³-hybridized carbons (Fsp3) is 0.708. The third kappa shape index (κ3) is 19.1. The molecule has 496 valence electrons. The van der Waals surface area contributed by atoms with Crippen LogP contribution < -0.4 is 41.3 Å². The van der Waals surface area contributed by atoms with Crippen molar-refractivity contribution >= 4 is 83.8 Å². The average Bonchev–Trinajstić information content (AvgIpc) is 2.03. The molecule has 0 aromatic carbocycles. The van der Waals surface area contributed by atoms with Crippen molar-refractivity contribution in [3.05, 3.63) is 33.5 Å². The largest absolute Gasteiger partial charge is 0.479 e. The maximum atomic E-state index is 14.0. The van der Waals surface area contributed by atoms with Gasteiger partial charge < -0.3 is 69.2 Å². The molecular formula is C48H79ClN20O18P2. The summed E-state index contributed by atoms with van der Waals surface area (Å²) in [6, 6.07) is -4.04. The molecule has 12 atom stereocenters. The van der Waals surface area contributed by atoms with Gasteiger partial charge in [-0.25, -0.2) is 30.3 Å². The summed E-state index contributed by atoms with van der Waals surface area (Å²) in [5.74, 6) is -2.51. The molecule has 0 bridgehead atoms. The minimum atomic E-state index is -4.27. The van der Waals surface area contributed by atoms with Gasteiger partial charge in [0.2, 0.25) is 23.7 Å². The number of hydrogen-bond acceptors (Lipinski definition) is 28. The molecule has 4 aromatic heterocycles. The molecule has 0 amide bonds. The maximum Gasteiger partial charge on any atom is 0.342 e. The van der Waals surface area contributed by atoms with Crippen molar-refractivity contribution in [1.29, 1.82) is 0 Å². The minimum absolute atomic E-state index is 0.0381. The minimum Gasteiger partial charge on any atom is -0.479 e. The topological polar surface area (TPSA) is 531 Å². The van der Waals surface area contributed by atoms with Crippen molar-refractivity contribution < 1.29 is 86.0 Å². The number of anilines is 2. The van der Waals surface area contributed by atoms with Gasteiger partial charge in [-0.05, 0) is 119 Å². The smallest absolute Gasteiger partial charge is 0.342 e. The Labute approximate surface area is 515 Å². The zero-order valence-corrected chi connectivity index (χ0v) is 54.4. The zero-order chi connectivity index (χ0) is 67.3. The van der Waals surface area contributed by atoms with E-state index in [-0.39, 0.29) is 52.7 Å². The summed E-state index contributed by atoms with van der Waals surface area (Å²) in [6.07, 6.45) is -5.82. The Bertz CT molecular complexity index is 3250. The van der Waals surface area contributed by atoms with Gasteiger partial charge in [-0.2, -0.15) is 19.9 Å². The van der Waals surface area contributed by atoms with Crippen LogP contribution >= 0.6 is 25.7 Å². The lowest BCUT2D eigenvalue weighted by Crippen LogP contribution is -2.45. The van der Waals surface area contributed by atoms with Crippen LogP contribution in [0, 0.1) is 0 Å². The van der Waals surface area contributed by atoms with Crippen molar-refractivity contribution in [2.75, 3.05) is 38.9 Å². The third-order valence-corrected chi connectivity index (χ3v) is 16.6. The van der Waals surface area contributed by atoms with Gasteiger partial charge in [0.05, 0.1) is 76.7 Å². The van der Waals surface area contributed by atoms with E-state index in [0.29, 0.717) is 5.52 Å². The first-order valence-corrected chi connectivity index (χ1v) is 31.6. The number of carbonyl (C=O) groups is 4. The number of nitrogens with two attached hydrogens (primary N) is 2. The molecule has 6 heterocycles. The first kappa shape index (κ1) is 74.6. The van der Waals surface area contributed by atoms with E-state index in [2.05, 4.69) is 70.3 Å². The molecule has 0 radical (unpaired) electrons. The molecule has 38 nitrogen and oxygen atoms in total. The summed E-state index contributed by atoms with van der Waals surface area (Å²) in [5.41, 5.74) is 27.7. The fourth-order valence-electron chi connectivity index (χ4n) is 8.50. The number of halogens is 1. The van der Waals surface area contributed by atoms with Crippen LogP contribution in [0.2, 0.25) is 0 Å². The summed E-state index contributed by atoms with van der Waals surface area (Å²) in [6.45, 7) is 17.5. The molecule has 0 spiro atoms. The molecule has 2 aliphatic heterocycles. The molecule has 11 N–H and O–H groups in total. The lowest BCUT2D eigenvalue weighted by atomic mass is 9.93. The third-order valence-electron chi connectivity index (χ3n) is 12.6. The molecule has 0 aliphatic carbocycles. The normalized spacial score (nSPS) is 23.1. The number of carbonyl (C=O) groups excluding carboxylic acids is 4. The number of nitrogens with zero attached hydrogens (tertiary/aromatic N) is 14. The van der Waals surface area contributed by atoms with E-state index in [0.717, 1.165) is 0 Å². The van der Waals surface area contributed by atoms with E-state index < -0.39 is 136 Å². The second-order valence-electron chi connectivity index (χ2n) is 21.5. The summed E-state index contributed by atoms with van der Waals surface area (Å²) >= 11 is 5.80. The molecule has 0 unspecified atom stereocenters. The summed E-state index contributed by atoms with van der Waals surface area (Å²) in [5, 5.41) is 48.5. The second kappa shape index (κ2) is 31.7. The Kier molecular flexibility index (Phi) is 26.6. The second-order valence-corrected chi connectivity index (χ2v) is 26.4. The molecule has 6 rings (SSSR count). The number of aliphatic hydroxyl groups excluding tert-OH is 3. The number of azide groups is 2. The van der Waals surface area contributed by atoms with E-state index in [4.69, 9.17) is 70.7 Å². The Morgan fingerprint density at radius 2 is 0.966 bits per heavy atom. The van der Waals surface area contributed by atoms with Gasteiger partial charge in [0.25, 0.3) is 0 Å². The summed E-state index contributed by atoms with van der Waals surface area (Å²) in [7, 11) is -1.47. The van der Waals surface area contributed by atoms with Gasteiger partial charge in [-0.3, -0.25) is 37.4 Å². The molecular weight excluding hydrogens is 1240 g/mol. The number of imidazole rings is 2. The molecule has 2 saturated heterocycles. The van der Waals surface area contributed by atoms with Crippen LogP contribution in [0.15, 0.2) is 22.9 Å². The van der Waals surface area contributed by atoms with Crippen LogP contribution in [-0.2, 0) is 61.3 Å². The van der Waals surface area contributed by atoms with Gasteiger partial charge in [0, 0.05) is 9.82 Å². The number of nitrogens with one attached hydrogen (secondary N) is 4. The van der Waals surface area contributed by atoms with Gasteiger partial charge in [-0.1, -0.05) is 10.2 Å². The molecule has 2 fully saturated rings. The predicted molar refractivity (Wildman–Crippen MR) is 317 cm³/mol. The van der Waals surface area contributed by atoms with Crippen molar-refractivity contribution in [1.82, 2.24) is 59.4 Å². The zero-order valence-electron chi connectivity index (χ0n) is 51.8. The van der Waals surface area contributed by atoms with E-state index in [1.807, 2.05) is 0 Å². The van der Waals surface area contributed by atoms with E-state index >= 15 is 0 Å². The highest BCUT2D eigenvalue weighted by Crippen LogP contribution is 2.47. The summed E-state index contributed by atoms with van der Waals surface area (Å²) in [4.78, 5) is 78.5. The fourth-order valence-corrected chi connectivity index (χ4v) is 12.5. The molecule has 89 heavy (non-hydrogen) atoms. The van der Waals surface area contributed by atoms with Gasteiger partial charge >= 0.3 is 38.3 Å². The lowest BCUT2D eigenvalue weighted by molar-refractivity contribution is -0.150. The van der Waals surface area contributed by atoms with Crippen molar-refractivity contribution in [3.8, 4) is 11.8 Å². The number of esters is 4. The number of aliphatic hydroxyl groups is 3. The van der Waals surface area contributed by atoms with Crippen LogP contribution in [-0.4, -0.2) is 190 Å². The van der Waals surface area contributed by atoms with Gasteiger partial charge in [0.15, 0.2) is 34.8 Å². The van der Waals surface area contributed by atoms with Crippen molar-refractivity contribution in [2.24, 2.45) is 10.2 Å². The quantitative estimate of drug-likeness (QED) is 0.0108. The monoisotopic (exact) mass is 1320 g/mol. The number of methoxy groups -OCH3 is 2. The Morgan fingerprint density at radius 1 is 0.640 bits per heavy atom. The van der Waals surface area contributed by atoms with Gasteiger partial charge in [-0.15, -0.1) is 0 Å². The van der Waals surface area contributed by atoms with Crippen LogP contribution in [0.4, 0.5) is 11.9 Å². The maximum absolute atomic E-state index is 14.0. The first-order chi connectivity index (χ1) is 41.4. The first-order valence-electron chi connectivity index (χ1n) is 27.4. The van der Waals surface area contributed by atoms with Crippen LogP contribution in [0.5, 0.6) is 11.8 Å². The number of hydrogen-bond donors (Lipinski definition) is 9. The number of aromatic nitrogens is 8. The Morgan fingerprint density at radius 3 is 1.28 bits per heavy atom. The Balaban J connectivity index is 0.000000316. The van der Waals surface area contributed by atoms with E-state index in [9.17, 15) is 49.2 Å². The molecule has 4 aromatic rings. The molecule has 41 heteroatoms. The van der Waals surface area contributed by atoms with Crippen molar-refractivity contribution in [3.63, 3.8) is 0 Å².